The minimum atomic E-state index is -0.413. The van der Waals surface area contributed by atoms with Crippen molar-refractivity contribution in [1.29, 1.82) is 0 Å². The predicted octanol–water partition coefficient (Wildman–Crippen LogP) is 5.76. The van der Waals surface area contributed by atoms with Crippen LogP contribution in [-0.2, 0) is 13.2 Å². The number of benzene rings is 4. The molecule has 4 aromatic carbocycles. The van der Waals surface area contributed by atoms with E-state index in [2.05, 4.69) is 10.5 Å². The summed E-state index contributed by atoms with van der Waals surface area (Å²) >= 11 is 0. The number of halogens is 1. The molecular weight excluding hydrogens is 459 g/mol. The van der Waals surface area contributed by atoms with Crippen LogP contribution in [0.5, 0.6) is 17.2 Å². The zero-order valence-corrected chi connectivity index (χ0v) is 19.7. The fraction of sp³-hybridized carbons (Fsp3) is 0.103. The van der Waals surface area contributed by atoms with E-state index < -0.39 is 5.91 Å². The first-order chi connectivity index (χ1) is 17.6. The molecule has 0 spiro atoms. The molecule has 1 amide bonds. The molecular formula is C29H25FN2O4. The standard InChI is InChI=1S/C29H25FN2O4/c1-34-28-17-22(15-16-27(28)35-19-21-9-3-2-4-10-21)29(33)32-31-18-23-11-6-8-14-26(23)36-20-24-12-5-7-13-25(24)30/h2-18H,19-20H2,1H3,(H,32,33)/b31-18+. The molecule has 0 bridgehead atoms. The van der Waals surface area contributed by atoms with Gasteiger partial charge in [-0.15, -0.1) is 0 Å². The van der Waals surface area contributed by atoms with Crippen LogP contribution in [0.3, 0.4) is 0 Å². The number of para-hydroxylation sites is 1. The lowest BCUT2D eigenvalue weighted by Crippen LogP contribution is -2.17. The van der Waals surface area contributed by atoms with Crippen molar-refractivity contribution in [2.24, 2.45) is 5.10 Å². The van der Waals surface area contributed by atoms with E-state index in [1.807, 2.05) is 36.4 Å². The zero-order valence-electron chi connectivity index (χ0n) is 19.7. The Labute approximate surface area is 209 Å². The summed E-state index contributed by atoms with van der Waals surface area (Å²) in [6, 6.07) is 28.3. The van der Waals surface area contributed by atoms with Gasteiger partial charge in [-0.1, -0.05) is 60.7 Å². The summed E-state index contributed by atoms with van der Waals surface area (Å²) in [5.74, 6) is 0.740. The summed E-state index contributed by atoms with van der Waals surface area (Å²) < 4.78 is 30.9. The van der Waals surface area contributed by atoms with E-state index in [4.69, 9.17) is 14.2 Å². The Kier molecular flexibility index (Phi) is 8.27. The molecule has 36 heavy (non-hydrogen) atoms. The number of carbonyl (C=O) groups is 1. The van der Waals surface area contributed by atoms with Crippen molar-refractivity contribution in [3.05, 3.63) is 125 Å². The van der Waals surface area contributed by atoms with Crippen molar-refractivity contribution in [1.82, 2.24) is 5.43 Å². The third-order valence-electron chi connectivity index (χ3n) is 5.29. The first-order valence-electron chi connectivity index (χ1n) is 11.3. The van der Waals surface area contributed by atoms with Gasteiger partial charge < -0.3 is 14.2 Å². The number of amides is 1. The average Bonchev–Trinajstić information content (AvgIpc) is 2.92. The Balaban J connectivity index is 1.38. The van der Waals surface area contributed by atoms with E-state index >= 15 is 0 Å². The number of hydrogen-bond donors (Lipinski definition) is 1. The fourth-order valence-electron chi connectivity index (χ4n) is 3.38. The summed E-state index contributed by atoms with van der Waals surface area (Å²) in [5, 5.41) is 4.05. The zero-order chi connectivity index (χ0) is 25.2. The molecule has 0 saturated carbocycles. The van der Waals surface area contributed by atoms with Gasteiger partial charge >= 0.3 is 0 Å². The number of hydrazone groups is 1. The molecule has 182 valence electrons. The number of hydrogen-bond acceptors (Lipinski definition) is 5. The molecule has 4 rings (SSSR count). The number of rotatable bonds is 10. The molecule has 0 aliphatic heterocycles. The van der Waals surface area contributed by atoms with Crippen LogP contribution in [0.25, 0.3) is 0 Å². The first-order valence-corrected chi connectivity index (χ1v) is 11.3. The van der Waals surface area contributed by atoms with Gasteiger partial charge in [-0.2, -0.15) is 5.10 Å². The number of carbonyl (C=O) groups excluding carboxylic acids is 1. The molecule has 4 aromatic rings. The summed E-state index contributed by atoms with van der Waals surface area (Å²) in [6.45, 7) is 0.452. The molecule has 7 heteroatoms. The van der Waals surface area contributed by atoms with Crippen LogP contribution in [-0.4, -0.2) is 19.2 Å². The molecule has 0 aliphatic rings. The molecule has 0 aromatic heterocycles. The van der Waals surface area contributed by atoms with Crippen molar-refractivity contribution >= 4 is 12.1 Å². The molecule has 0 radical (unpaired) electrons. The Hall–Kier alpha value is -4.65. The minimum absolute atomic E-state index is 0.0718. The second kappa shape index (κ2) is 12.2. The molecule has 6 nitrogen and oxygen atoms in total. The third kappa shape index (κ3) is 6.48. The summed E-state index contributed by atoms with van der Waals surface area (Å²) in [4.78, 5) is 12.6. The Morgan fingerprint density at radius 2 is 1.56 bits per heavy atom. The van der Waals surface area contributed by atoms with Crippen molar-refractivity contribution in [3.63, 3.8) is 0 Å². The maximum Gasteiger partial charge on any atom is 0.271 e. The number of nitrogens with one attached hydrogen (secondary N) is 1. The van der Waals surface area contributed by atoms with E-state index in [0.717, 1.165) is 5.56 Å². The van der Waals surface area contributed by atoms with E-state index in [-0.39, 0.29) is 12.4 Å². The van der Waals surface area contributed by atoms with Gasteiger partial charge in [0, 0.05) is 16.7 Å². The third-order valence-corrected chi connectivity index (χ3v) is 5.29. The fourth-order valence-corrected chi connectivity index (χ4v) is 3.38. The number of ether oxygens (including phenoxy) is 3. The van der Waals surface area contributed by atoms with Gasteiger partial charge in [-0.05, 0) is 42.0 Å². The first kappa shape index (κ1) is 24.5. The van der Waals surface area contributed by atoms with Crippen LogP contribution in [0, 0.1) is 5.82 Å². The maximum absolute atomic E-state index is 13.9. The molecule has 0 fully saturated rings. The maximum atomic E-state index is 13.9. The highest BCUT2D eigenvalue weighted by Crippen LogP contribution is 2.29. The van der Waals surface area contributed by atoms with Gasteiger partial charge in [-0.25, -0.2) is 9.82 Å². The second-order valence-corrected chi connectivity index (χ2v) is 7.76. The van der Waals surface area contributed by atoms with Gasteiger partial charge in [0.05, 0.1) is 13.3 Å². The van der Waals surface area contributed by atoms with Gasteiger partial charge in [0.15, 0.2) is 11.5 Å². The van der Waals surface area contributed by atoms with E-state index in [0.29, 0.717) is 40.5 Å². The molecule has 1 N–H and O–H groups in total. The van der Waals surface area contributed by atoms with Crippen LogP contribution in [0.4, 0.5) is 4.39 Å². The topological polar surface area (TPSA) is 69.2 Å². The average molecular weight is 485 g/mol. The number of methoxy groups -OCH3 is 1. The lowest BCUT2D eigenvalue weighted by atomic mass is 10.2. The van der Waals surface area contributed by atoms with Gasteiger partial charge in [-0.3, -0.25) is 4.79 Å². The molecule has 0 saturated heterocycles. The van der Waals surface area contributed by atoms with Crippen molar-refractivity contribution in [3.8, 4) is 17.2 Å². The lowest BCUT2D eigenvalue weighted by molar-refractivity contribution is 0.0954. The summed E-state index contributed by atoms with van der Waals surface area (Å²) in [6.07, 6.45) is 1.48. The Bertz CT molecular complexity index is 1340. The van der Waals surface area contributed by atoms with Gasteiger partial charge in [0.1, 0.15) is 24.8 Å². The van der Waals surface area contributed by atoms with Crippen LogP contribution < -0.4 is 19.6 Å². The smallest absolute Gasteiger partial charge is 0.271 e. The van der Waals surface area contributed by atoms with E-state index in [1.54, 1.807) is 54.6 Å². The van der Waals surface area contributed by atoms with Crippen molar-refractivity contribution in [2.45, 2.75) is 13.2 Å². The molecule has 0 heterocycles. The normalized spacial score (nSPS) is 10.7. The predicted molar refractivity (Wildman–Crippen MR) is 136 cm³/mol. The van der Waals surface area contributed by atoms with E-state index in [9.17, 15) is 9.18 Å². The van der Waals surface area contributed by atoms with Crippen molar-refractivity contribution in [2.75, 3.05) is 7.11 Å². The summed E-state index contributed by atoms with van der Waals surface area (Å²) in [5.41, 5.74) is 4.97. The number of nitrogens with zero attached hydrogens (tertiary/aromatic N) is 1. The van der Waals surface area contributed by atoms with Gasteiger partial charge in [0.25, 0.3) is 5.91 Å². The monoisotopic (exact) mass is 484 g/mol. The Morgan fingerprint density at radius 1 is 0.833 bits per heavy atom. The van der Waals surface area contributed by atoms with Crippen LogP contribution in [0.1, 0.15) is 27.0 Å². The van der Waals surface area contributed by atoms with E-state index in [1.165, 1.54) is 19.4 Å². The van der Waals surface area contributed by atoms with Crippen LogP contribution in [0.2, 0.25) is 0 Å². The highest BCUT2D eigenvalue weighted by atomic mass is 19.1. The largest absolute Gasteiger partial charge is 0.493 e. The van der Waals surface area contributed by atoms with Gasteiger partial charge in [0.2, 0.25) is 0 Å². The summed E-state index contributed by atoms with van der Waals surface area (Å²) in [7, 11) is 1.52. The Morgan fingerprint density at radius 3 is 2.36 bits per heavy atom. The van der Waals surface area contributed by atoms with Crippen LogP contribution >= 0.6 is 0 Å². The van der Waals surface area contributed by atoms with Crippen molar-refractivity contribution < 1.29 is 23.4 Å². The SMILES string of the molecule is COc1cc(C(=O)N/N=C/c2ccccc2OCc2ccccc2F)ccc1OCc1ccccc1. The molecule has 0 aliphatic carbocycles. The molecule has 0 atom stereocenters. The molecule has 0 unspecified atom stereocenters. The second-order valence-electron chi connectivity index (χ2n) is 7.76. The lowest BCUT2D eigenvalue weighted by Gasteiger charge is -2.12. The highest BCUT2D eigenvalue weighted by Gasteiger charge is 2.11. The van der Waals surface area contributed by atoms with Crippen LogP contribution in [0.15, 0.2) is 102 Å². The quantitative estimate of drug-likeness (QED) is 0.230. The minimum Gasteiger partial charge on any atom is -0.493 e. The highest BCUT2D eigenvalue weighted by molar-refractivity contribution is 5.95.